The fraction of sp³-hybridized carbons (Fsp3) is 0.250. The van der Waals surface area contributed by atoms with E-state index in [2.05, 4.69) is 16.2 Å². The molecule has 0 aliphatic rings. The minimum atomic E-state index is -0.251. The Kier molecular flexibility index (Phi) is 9.59. The highest BCUT2D eigenvalue weighted by Gasteiger charge is 2.20. The molecule has 0 fully saturated rings. The summed E-state index contributed by atoms with van der Waals surface area (Å²) in [5.41, 5.74) is 9.15. The Morgan fingerprint density at radius 2 is 1.42 bits per heavy atom. The van der Waals surface area contributed by atoms with E-state index in [0.29, 0.717) is 24.2 Å². The summed E-state index contributed by atoms with van der Waals surface area (Å²) in [6, 6.07) is 23.9. The highest BCUT2D eigenvalue weighted by atomic mass is 16.2. The van der Waals surface area contributed by atoms with Gasteiger partial charge in [-0.05, 0) is 47.5 Å². The number of hydrogen-bond acceptors (Lipinski definition) is 5. The van der Waals surface area contributed by atoms with Gasteiger partial charge in [0, 0.05) is 50.5 Å². The lowest BCUT2D eigenvalue weighted by Crippen LogP contribution is -2.40. The fourth-order valence-electron chi connectivity index (χ4n) is 3.53. The fourth-order valence-corrected chi connectivity index (χ4v) is 3.53. The molecule has 0 atom stereocenters. The molecule has 8 heteroatoms. The van der Waals surface area contributed by atoms with E-state index in [-0.39, 0.29) is 30.8 Å². The smallest absolute Gasteiger partial charge is 0.265 e. The van der Waals surface area contributed by atoms with Gasteiger partial charge >= 0.3 is 0 Å². The summed E-state index contributed by atoms with van der Waals surface area (Å²) < 4.78 is 0. The molecular weight excluding hydrogens is 454 g/mol. The number of carbonyl (C=O) groups excluding carboxylic acids is 3. The third-order valence-corrected chi connectivity index (χ3v) is 5.55. The zero-order valence-corrected chi connectivity index (χ0v) is 21.0. The lowest BCUT2D eigenvalue weighted by atomic mass is 10.1. The number of amides is 3. The average Bonchev–Trinajstić information content (AvgIpc) is 2.90. The van der Waals surface area contributed by atoms with Crippen LogP contribution in [0.1, 0.15) is 38.8 Å². The van der Waals surface area contributed by atoms with Gasteiger partial charge in [0.1, 0.15) is 6.54 Å². The lowest BCUT2D eigenvalue weighted by Gasteiger charge is -2.23. The Bertz CT molecular complexity index is 1150. The van der Waals surface area contributed by atoms with Gasteiger partial charge in [-0.15, -0.1) is 0 Å². The van der Waals surface area contributed by atoms with Crippen LogP contribution in [-0.4, -0.2) is 49.8 Å². The van der Waals surface area contributed by atoms with Crippen molar-refractivity contribution in [2.75, 3.05) is 32.1 Å². The average molecular weight is 488 g/mol. The normalized spacial score (nSPS) is 10.4. The van der Waals surface area contributed by atoms with Crippen molar-refractivity contribution in [3.63, 3.8) is 0 Å². The molecule has 36 heavy (non-hydrogen) atoms. The highest BCUT2D eigenvalue weighted by Crippen LogP contribution is 2.16. The van der Waals surface area contributed by atoms with Crippen LogP contribution in [0.2, 0.25) is 0 Å². The Labute approximate surface area is 212 Å². The summed E-state index contributed by atoms with van der Waals surface area (Å²) in [5, 5.41) is 2.89. The van der Waals surface area contributed by atoms with E-state index in [0.717, 1.165) is 16.8 Å². The molecule has 3 aromatic rings. The van der Waals surface area contributed by atoms with Crippen molar-refractivity contribution in [3.8, 4) is 0 Å². The monoisotopic (exact) mass is 487 g/mol. The molecule has 0 spiro atoms. The molecule has 3 N–H and O–H groups in total. The number of benzene rings is 3. The first kappa shape index (κ1) is 26.4. The molecule has 8 nitrogen and oxygen atoms in total. The Balaban J connectivity index is 1.74. The molecule has 0 heterocycles. The van der Waals surface area contributed by atoms with Crippen LogP contribution in [0.5, 0.6) is 0 Å². The number of rotatable bonds is 11. The van der Waals surface area contributed by atoms with Crippen LogP contribution in [0.15, 0.2) is 78.9 Å². The summed E-state index contributed by atoms with van der Waals surface area (Å²) >= 11 is 0. The maximum Gasteiger partial charge on any atom is 0.265 e. The van der Waals surface area contributed by atoms with Crippen molar-refractivity contribution < 1.29 is 14.4 Å². The molecule has 3 amide bonds. The number of carbonyl (C=O) groups is 3. The number of hydrazine groups is 1. The van der Waals surface area contributed by atoms with Crippen molar-refractivity contribution in [2.24, 2.45) is 0 Å². The minimum Gasteiger partial charge on any atom is -0.378 e. The van der Waals surface area contributed by atoms with Gasteiger partial charge in [-0.3, -0.25) is 19.8 Å². The van der Waals surface area contributed by atoms with Crippen LogP contribution in [0.3, 0.4) is 0 Å². The van der Waals surface area contributed by atoms with Crippen LogP contribution in [-0.2, 0) is 17.9 Å². The summed E-state index contributed by atoms with van der Waals surface area (Å²) in [7, 11) is 3.87. The topological polar surface area (TPSA) is 93.8 Å². The maximum atomic E-state index is 13.4. The van der Waals surface area contributed by atoms with Crippen LogP contribution < -0.4 is 21.1 Å². The number of hydrogen-bond donors (Lipinski definition) is 3. The zero-order valence-electron chi connectivity index (χ0n) is 21.0. The van der Waals surface area contributed by atoms with Gasteiger partial charge in [-0.1, -0.05) is 49.4 Å². The first-order valence-corrected chi connectivity index (χ1v) is 11.9. The summed E-state index contributed by atoms with van der Waals surface area (Å²) in [6.07, 6.45) is 0. The molecule has 0 aromatic heterocycles. The second kappa shape index (κ2) is 13.1. The SMILES string of the molecule is CCNNC(=O)c1ccc(CN(CC(=O)NCc2ccccc2)C(=O)c2ccc(N(C)C)cc2)cc1. The largest absolute Gasteiger partial charge is 0.378 e. The minimum absolute atomic E-state index is 0.0935. The first-order chi connectivity index (χ1) is 17.4. The summed E-state index contributed by atoms with van der Waals surface area (Å²) in [5.74, 6) is -0.736. The molecule has 0 radical (unpaired) electrons. The first-order valence-electron chi connectivity index (χ1n) is 11.9. The van der Waals surface area contributed by atoms with Crippen molar-refractivity contribution in [1.29, 1.82) is 0 Å². The standard InChI is InChI=1S/C28H33N5O3/c1-4-30-31-27(35)23-12-10-22(11-13-23)19-33(20-26(34)29-18-21-8-6-5-7-9-21)28(36)24-14-16-25(17-15-24)32(2)3/h5-17,30H,4,18-20H2,1-3H3,(H,29,34)(H,31,35). The van der Waals surface area contributed by atoms with E-state index in [4.69, 9.17) is 0 Å². The number of anilines is 1. The van der Waals surface area contributed by atoms with Crippen LogP contribution in [0.4, 0.5) is 5.69 Å². The van der Waals surface area contributed by atoms with Crippen LogP contribution >= 0.6 is 0 Å². The van der Waals surface area contributed by atoms with Crippen molar-refractivity contribution in [2.45, 2.75) is 20.0 Å². The van der Waals surface area contributed by atoms with Crippen molar-refractivity contribution in [3.05, 3.63) is 101 Å². The second-order valence-corrected chi connectivity index (χ2v) is 8.55. The predicted molar refractivity (Wildman–Crippen MR) is 141 cm³/mol. The zero-order chi connectivity index (χ0) is 25.9. The molecule has 0 bridgehead atoms. The van der Waals surface area contributed by atoms with Gasteiger partial charge in [-0.25, -0.2) is 5.43 Å². The van der Waals surface area contributed by atoms with Crippen molar-refractivity contribution >= 4 is 23.4 Å². The molecule has 0 aliphatic carbocycles. The number of nitrogens with zero attached hydrogens (tertiary/aromatic N) is 2. The third kappa shape index (κ3) is 7.68. The van der Waals surface area contributed by atoms with Gasteiger partial charge in [0.25, 0.3) is 11.8 Å². The molecule has 0 unspecified atom stereocenters. The molecular formula is C28H33N5O3. The summed E-state index contributed by atoms with van der Waals surface area (Å²) in [4.78, 5) is 41.8. The maximum absolute atomic E-state index is 13.4. The quantitative estimate of drug-likeness (QED) is 0.362. The van der Waals surface area contributed by atoms with Crippen molar-refractivity contribution in [1.82, 2.24) is 21.1 Å². The van der Waals surface area contributed by atoms with Gasteiger partial charge in [-0.2, -0.15) is 0 Å². The van der Waals surface area contributed by atoms with E-state index in [1.807, 2.05) is 68.4 Å². The predicted octanol–water partition coefficient (Wildman–Crippen LogP) is 2.97. The Morgan fingerprint density at radius 1 is 0.778 bits per heavy atom. The molecule has 0 aliphatic heterocycles. The Hall–Kier alpha value is -4.17. The van der Waals surface area contributed by atoms with E-state index in [9.17, 15) is 14.4 Å². The van der Waals surface area contributed by atoms with Crippen LogP contribution in [0.25, 0.3) is 0 Å². The molecule has 0 saturated heterocycles. The van der Waals surface area contributed by atoms with Gasteiger partial charge in [0.2, 0.25) is 5.91 Å². The second-order valence-electron chi connectivity index (χ2n) is 8.55. The number of nitrogens with one attached hydrogen (secondary N) is 3. The van der Waals surface area contributed by atoms with Gasteiger partial charge < -0.3 is 15.1 Å². The lowest BCUT2D eigenvalue weighted by molar-refractivity contribution is -0.122. The highest BCUT2D eigenvalue weighted by molar-refractivity contribution is 5.97. The molecule has 3 rings (SSSR count). The van der Waals surface area contributed by atoms with Gasteiger partial charge in [0.05, 0.1) is 0 Å². The van der Waals surface area contributed by atoms with E-state index < -0.39 is 0 Å². The molecule has 3 aromatic carbocycles. The van der Waals surface area contributed by atoms with E-state index in [1.54, 1.807) is 36.4 Å². The summed E-state index contributed by atoms with van der Waals surface area (Å²) in [6.45, 7) is 3.02. The third-order valence-electron chi connectivity index (χ3n) is 5.55. The molecule has 0 saturated carbocycles. The van der Waals surface area contributed by atoms with E-state index >= 15 is 0 Å². The van der Waals surface area contributed by atoms with Crippen LogP contribution in [0, 0.1) is 0 Å². The Morgan fingerprint density at radius 3 is 2.03 bits per heavy atom. The van der Waals surface area contributed by atoms with Gasteiger partial charge in [0.15, 0.2) is 0 Å². The molecule has 188 valence electrons. The van der Waals surface area contributed by atoms with E-state index in [1.165, 1.54) is 4.90 Å².